The van der Waals surface area contributed by atoms with Gasteiger partial charge in [-0.25, -0.2) is 0 Å². The highest BCUT2D eigenvalue weighted by Gasteiger charge is 2.05. The molecule has 6 heteroatoms. The van der Waals surface area contributed by atoms with Crippen LogP contribution in [0.2, 0.25) is 0 Å². The summed E-state index contributed by atoms with van der Waals surface area (Å²) in [5.41, 5.74) is 13.8. The molecule has 0 saturated heterocycles. The van der Waals surface area contributed by atoms with Crippen LogP contribution in [0.4, 0.5) is 0 Å². The van der Waals surface area contributed by atoms with Gasteiger partial charge in [-0.05, 0) is 48.6 Å². The largest absolute Gasteiger partial charge is 0.457 e. The smallest absolute Gasteiger partial charge is 0.135 e. The van der Waals surface area contributed by atoms with E-state index >= 15 is 0 Å². The average molecular weight is 370 g/mol. The number of allylic oxidation sites excluding steroid dienone is 2. The summed E-state index contributed by atoms with van der Waals surface area (Å²) in [6.45, 7) is 0. The minimum Gasteiger partial charge on any atom is -0.457 e. The molecular formula is C22H18N4O2. The van der Waals surface area contributed by atoms with Crippen LogP contribution >= 0.6 is 0 Å². The third-order valence-corrected chi connectivity index (χ3v) is 4.33. The summed E-state index contributed by atoms with van der Waals surface area (Å²) in [6, 6.07) is 14.7. The van der Waals surface area contributed by atoms with Crippen LogP contribution in [0.15, 0.2) is 69.5 Å². The van der Waals surface area contributed by atoms with Crippen LogP contribution in [0.5, 0.6) is 0 Å². The van der Waals surface area contributed by atoms with Gasteiger partial charge in [0.1, 0.15) is 34.4 Å². The molecule has 138 valence electrons. The molecule has 0 aliphatic carbocycles. The van der Waals surface area contributed by atoms with Crippen LogP contribution in [0, 0.1) is 10.8 Å². The van der Waals surface area contributed by atoms with Gasteiger partial charge in [-0.3, -0.25) is 10.8 Å². The Morgan fingerprint density at radius 1 is 0.679 bits per heavy atom. The number of furan rings is 2. The van der Waals surface area contributed by atoms with Crippen LogP contribution < -0.4 is 11.5 Å². The summed E-state index contributed by atoms with van der Waals surface area (Å²) >= 11 is 0. The zero-order valence-corrected chi connectivity index (χ0v) is 14.9. The standard InChI is InChI=1S/C22H18N4O2/c23-21(24)14-7-8-19-16(9-14)11-18(27-19)4-2-1-3-17-10-13-5-6-15(22(25)26)12-20(13)28-17/h1-12H,(H3,23,24)(H3,25,26)/b3-1+,4-2+. The molecule has 0 saturated carbocycles. The Morgan fingerprint density at radius 3 is 1.93 bits per heavy atom. The Hall–Kier alpha value is -4.06. The van der Waals surface area contributed by atoms with E-state index in [-0.39, 0.29) is 11.7 Å². The molecule has 0 spiro atoms. The topological polar surface area (TPSA) is 126 Å². The van der Waals surface area contributed by atoms with Gasteiger partial charge in [0, 0.05) is 21.9 Å². The second kappa shape index (κ2) is 6.92. The number of hydrogen-bond donors (Lipinski definition) is 4. The molecule has 0 fully saturated rings. The second-order valence-corrected chi connectivity index (χ2v) is 6.35. The van der Waals surface area contributed by atoms with Gasteiger partial charge in [0.15, 0.2) is 0 Å². The van der Waals surface area contributed by atoms with Gasteiger partial charge >= 0.3 is 0 Å². The maximum absolute atomic E-state index is 7.51. The normalized spacial score (nSPS) is 11.9. The Kier molecular flexibility index (Phi) is 4.29. The predicted molar refractivity (Wildman–Crippen MR) is 113 cm³/mol. The first-order valence-corrected chi connectivity index (χ1v) is 8.60. The number of rotatable bonds is 5. The average Bonchev–Trinajstić information content (AvgIpc) is 3.26. The van der Waals surface area contributed by atoms with Crippen molar-refractivity contribution in [2.75, 3.05) is 0 Å². The minimum atomic E-state index is 0.0135. The molecule has 2 aromatic heterocycles. The van der Waals surface area contributed by atoms with Crippen LogP contribution in [-0.4, -0.2) is 11.7 Å². The van der Waals surface area contributed by atoms with E-state index in [2.05, 4.69) is 0 Å². The van der Waals surface area contributed by atoms with Crippen LogP contribution in [0.25, 0.3) is 34.1 Å². The SMILES string of the molecule is N=C(N)c1ccc2oc(/C=C/C=C/c3cc4ccc(C(=N)N)cc4o3)cc2c1. The Morgan fingerprint density at radius 2 is 1.25 bits per heavy atom. The van der Waals surface area contributed by atoms with Gasteiger partial charge < -0.3 is 20.3 Å². The number of amidine groups is 2. The fourth-order valence-corrected chi connectivity index (χ4v) is 2.92. The number of fused-ring (bicyclic) bond motifs is 2. The summed E-state index contributed by atoms with van der Waals surface area (Å²) in [4.78, 5) is 0. The summed E-state index contributed by atoms with van der Waals surface area (Å²) in [7, 11) is 0. The van der Waals surface area contributed by atoms with Gasteiger partial charge in [-0.2, -0.15) is 0 Å². The predicted octanol–water partition coefficient (Wildman–Crippen LogP) is 4.47. The van der Waals surface area contributed by atoms with Crippen molar-refractivity contribution in [3.8, 4) is 0 Å². The zero-order valence-electron chi connectivity index (χ0n) is 14.9. The molecular weight excluding hydrogens is 352 g/mol. The second-order valence-electron chi connectivity index (χ2n) is 6.35. The molecule has 6 N–H and O–H groups in total. The molecule has 0 bridgehead atoms. The first-order valence-electron chi connectivity index (χ1n) is 8.60. The molecule has 4 aromatic rings. The van der Waals surface area contributed by atoms with E-state index in [1.807, 2.05) is 54.6 Å². The molecule has 0 aliphatic rings. The lowest BCUT2D eigenvalue weighted by Gasteiger charge is -1.95. The summed E-state index contributed by atoms with van der Waals surface area (Å²) in [6.07, 6.45) is 7.41. The highest BCUT2D eigenvalue weighted by atomic mass is 16.3. The minimum absolute atomic E-state index is 0.0135. The molecule has 0 unspecified atom stereocenters. The number of nitrogens with one attached hydrogen (secondary N) is 2. The van der Waals surface area contributed by atoms with Crippen molar-refractivity contribution < 1.29 is 8.83 Å². The lowest BCUT2D eigenvalue weighted by Crippen LogP contribution is -2.10. The lowest BCUT2D eigenvalue weighted by atomic mass is 10.1. The highest BCUT2D eigenvalue weighted by Crippen LogP contribution is 2.23. The van der Waals surface area contributed by atoms with E-state index in [9.17, 15) is 0 Å². The van der Waals surface area contributed by atoms with Crippen LogP contribution in [0.3, 0.4) is 0 Å². The molecule has 28 heavy (non-hydrogen) atoms. The van der Waals surface area contributed by atoms with Crippen LogP contribution in [-0.2, 0) is 0 Å². The van der Waals surface area contributed by atoms with E-state index in [1.54, 1.807) is 18.2 Å². The summed E-state index contributed by atoms with van der Waals surface area (Å²) in [5, 5.41) is 16.9. The van der Waals surface area contributed by atoms with Gasteiger partial charge in [-0.15, -0.1) is 0 Å². The number of nitrogens with two attached hydrogens (primary N) is 2. The molecule has 2 heterocycles. The van der Waals surface area contributed by atoms with Gasteiger partial charge in [0.05, 0.1) is 0 Å². The maximum atomic E-state index is 7.51. The molecule has 2 aromatic carbocycles. The van der Waals surface area contributed by atoms with Crippen LogP contribution in [0.1, 0.15) is 22.6 Å². The quantitative estimate of drug-likeness (QED) is 0.235. The molecule has 4 rings (SSSR count). The fourth-order valence-electron chi connectivity index (χ4n) is 2.92. The van der Waals surface area contributed by atoms with Gasteiger partial charge in [0.2, 0.25) is 0 Å². The van der Waals surface area contributed by atoms with Gasteiger partial charge in [-0.1, -0.05) is 24.3 Å². The summed E-state index contributed by atoms with van der Waals surface area (Å²) < 4.78 is 11.5. The molecule has 0 aliphatic heterocycles. The first kappa shape index (κ1) is 17.4. The van der Waals surface area contributed by atoms with E-state index in [0.717, 1.165) is 16.4 Å². The molecule has 6 nitrogen and oxygen atoms in total. The first-order chi connectivity index (χ1) is 13.5. The molecule has 0 amide bonds. The molecule has 0 radical (unpaired) electrons. The zero-order chi connectivity index (χ0) is 19.7. The van der Waals surface area contributed by atoms with E-state index in [1.165, 1.54) is 0 Å². The monoisotopic (exact) mass is 370 g/mol. The van der Waals surface area contributed by atoms with Crippen molar-refractivity contribution in [3.05, 3.63) is 83.3 Å². The van der Waals surface area contributed by atoms with E-state index in [4.69, 9.17) is 31.1 Å². The lowest BCUT2D eigenvalue weighted by molar-refractivity contribution is 0.603. The molecule has 0 atom stereocenters. The van der Waals surface area contributed by atoms with Crippen molar-refractivity contribution >= 4 is 45.8 Å². The third kappa shape index (κ3) is 3.43. The highest BCUT2D eigenvalue weighted by molar-refractivity contribution is 5.99. The van der Waals surface area contributed by atoms with E-state index in [0.29, 0.717) is 28.2 Å². The summed E-state index contributed by atoms with van der Waals surface area (Å²) in [5.74, 6) is 1.45. The number of nitrogen functional groups attached to an aromatic ring is 2. The third-order valence-electron chi connectivity index (χ3n) is 4.33. The maximum Gasteiger partial charge on any atom is 0.135 e. The van der Waals surface area contributed by atoms with Crippen molar-refractivity contribution in [3.63, 3.8) is 0 Å². The van der Waals surface area contributed by atoms with Gasteiger partial charge in [0.25, 0.3) is 0 Å². The Labute approximate surface area is 160 Å². The fraction of sp³-hybridized carbons (Fsp3) is 0. The van der Waals surface area contributed by atoms with Crippen molar-refractivity contribution in [1.82, 2.24) is 0 Å². The number of benzene rings is 2. The van der Waals surface area contributed by atoms with E-state index < -0.39 is 0 Å². The van der Waals surface area contributed by atoms with Crippen molar-refractivity contribution in [2.45, 2.75) is 0 Å². The number of hydrogen-bond acceptors (Lipinski definition) is 4. The Balaban J connectivity index is 1.52. The van der Waals surface area contributed by atoms with Crippen molar-refractivity contribution in [1.29, 1.82) is 10.8 Å². The Bertz CT molecular complexity index is 1170. The van der Waals surface area contributed by atoms with Crippen molar-refractivity contribution in [2.24, 2.45) is 11.5 Å².